The zero-order chi connectivity index (χ0) is 9.42. The number of phenolic OH excluding ortho intramolecular Hbond substituents is 1. The molecule has 2 aromatic rings. The molecule has 1 aromatic carbocycles. The first kappa shape index (κ1) is 8.38. The number of ether oxygens (including phenoxy) is 1. The van der Waals surface area contributed by atoms with Crippen LogP contribution in [0.4, 0.5) is 0 Å². The number of hydrogen-bond donors (Lipinski definition) is 1. The minimum absolute atomic E-state index is 0.358. The highest BCUT2D eigenvalue weighted by Crippen LogP contribution is 2.37. The maximum Gasteiger partial charge on any atom is 0.174 e. The van der Waals surface area contributed by atoms with Crippen LogP contribution in [0.3, 0.4) is 0 Å². The lowest BCUT2D eigenvalue weighted by molar-refractivity contribution is 0.427. The molecule has 3 heteroatoms. The van der Waals surface area contributed by atoms with E-state index in [0.717, 1.165) is 20.7 Å². The number of methoxy groups -OCH3 is 1. The zero-order valence-corrected chi connectivity index (χ0v) is 8.31. The maximum absolute atomic E-state index is 9.72. The fourth-order valence-electron chi connectivity index (χ4n) is 1.28. The predicted molar refractivity (Wildman–Crippen MR) is 54.8 cm³/mol. The molecule has 0 spiro atoms. The molecule has 68 valence electrons. The van der Waals surface area contributed by atoms with Gasteiger partial charge in [-0.1, -0.05) is 17.4 Å². The summed E-state index contributed by atoms with van der Waals surface area (Å²) < 4.78 is 6.16. The lowest BCUT2D eigenvalue weighted by Crippen LogP contribution is -1.74. The van der Waals surface area contributed by atoms with Crippen molar-refractivity contribution in [2.24, 2.45) is 0 Å². The number of aromatic hydroxyl groups is 1. The Morgan fingerprint density at radius 2 is 2.15 bits per heavy atom. The molecule has 0 fully saturated rings. The van der Waals surface area contributed by atoms with Crippen LogP contribution in [0.1, 0.15) is 5.56 Å². The Kier molecular flexibility index (Phi) is 1.88. The van der Waals surface area contributed by atoms with E-state index < -0.39 is 0 Å². The van der Waals surface area contributed by atoms with Crippen molar-refractivity contribution in [1.29, 1.82) is 0 Å². The Morgan fingerprint density at radius 1 is 1.38 bits per heavy atom. The van der Waals surface area contributed by atoms with Crippen LogP contribution in [-0.2, 0) is 0 Å². The van der Waals surface area contributed by atoms with E-state index in [1.54, 1.807) is 7.11 Å². The van der Waals surface area contributed by atoms with Crippen molar-refractivity contribution in [3.05, 3.63) is 23.8 Å². The van der Waals surface area contributed by atoms with Crippen LogP contribution in [0.25, 0.3) is 10.1 Å². The van der Waals surface area contributed by atoms with Gasteiger partial charge in [-0.25, -0.2) is 0 Å². The number of rotatable bonds is 1. The van der Waals surface area contributed by atoms with Crippen LogP contribution in [0, 0.1) is 6.92 Å². The molecular weight excluding hydrogens is 184 g/mol. The van der Waals surface area contributed by atoms with Gasteiger partial charge in [-0.15, -0.1) is 0 Å². The van der Waals surface area contributed by atoms with Gasteiger partial charge < -0.3 is 9.84 Å². The Morgan fingerprint density at radius 3 is 2.85 bits per heavy atom. The van der Waals surface area contributed by atoms with E-state index in [1.807, 2.05) is 25.1 Å². The van der Waals surface area contributed by atoms with E-state index in [1.165, 1.54) is 11.3 Å². The summed E-state index contributed by atoms with van der Waals surface area (Å²) in [5, 5.41) is 11.4. The van der Waals surface area contributed by atoms with Crippen molar-refractivity contribution in [2.75, 3.05) is 7.11 Å². The van der Waals surface area contributed by atoms with Crippen LogP contribution in [0.2, 0.25) is 0 Å². The molecule has 1 aromatic heterocycles. The average Bonchev–Trinajstić information content (AvgIpc) is 2.55. The first-order chi connectivity index (χ1) is 6.22. The summed E-state index contributed by atoms with van der Waals surface area (Å²) in [5.74, 6) is 0.358. The minimum Gasteiger partial charge on any atom is -0.507 e. The van der Waals surface area contributed by atoms with Crippen molar-refractivity contribution >= 4 is 21.4 Å². The standard InChI is InChI=1S/C10H10O2S/c1-6-3-4-8-7(10(6)11)5-9(12-2)13-8/h3-5,11H,1-2H3. The number of aryl methyl sites for hydroxylation is 1. The minimum atomic E-state index is 0.358. The highest BCUT2D eigenvalue weighted by molar-refractivity contribution is 7.20. The van der Waals surface area contributed by atoms with E-state index in [0.29, 0.717) is 5.75 Å². The first-order valence-corrected chi connectivity index (χ1v) is 4.80. The van der Waals surface area contributed by atoms with Crippen LogP contribution < -0.4 is 4.74 Å². The van der Waals surface area contributed by atoms with E-state index >= 15 is 0 Å². The SMILES string of the molecule is COc1cc2c(O)c(C)ccc2s1. The maximum atomic E-state index is 9.72. The predicted octanol–water partition coefficient (Wildman–Crippen LogP) is 2.92. The first-order valence-electron chi connectivity index (χ1n) is 3.98. The number of benzene rings is 1. The molecule has 0 amide bonds. The Bertz CT molecular complexity index is 445. The third kappa shape index (κ3) is 1.25. The number of fused-ring (bicyclic) bond motifs is 1. The van der Waals surface area contributed by atoms with Gasteiger partial charge in [0.2, 0.25) is 0 Å². The van der Waals surface area contributed by atoms with Gasteiger partial charge in [0.05, 0.1) is 7.11 Å². The molecule has 0 unspecified atom stereocenters. The van der Waals surface area contributed by atoms with E-state index in [2.05, 4.69) is 0 Å². The lowest BCUT2D eigenvalue weighted by Gasteiger charge is -1.97. The van der Waals surface area contributed by atoms with E-state index in [-0.39, 0.29) is 0 Å². The second-order valence-corrected chi connectivity index (χ2v) is 3.96. The molecule has 0 aliphatic rings. The fraction of sp³-hybridized carbons (Fsp3) is 0.200. The molecule has 2 rings (SSSR count). The summed E-state index contributed by atoms with van der Waals surface area (Å²) >= 11 is 1.54. The normalized spacial score (nSPS) is 10.6. The summed E-state index contributed by atoms with van der Waals surface area (Å²) in [4.78, 5) is 0. The van der Waals surface area contributed by atoms with Crippen molar-refractivity contribution < 1.29 is 9.84 Å². The highest BCUT2D eigenvalue weighted by Gasteiger charge is 2.07. The molecule has 0 aliphatic heterocycles. The van der Waals surface area contributed by atoms with E-state index in [4.69, 9.17) is 4.74 Å². The van der Waals surface area contributed by atoms with Gasteiger partial charge in [0, 0.05) is 16.2 Å². The second kappa shape index (κ2) is 2.92. The van der Waals surface area contributed by atoms with Gasteiger partial charge in [-0.2, -0.15) is 0 Å². The fourth-order valence-corrected chi connectivity index (χ4v) is 2.16. The van der Waals surface area contributed by atoms with Crippen LogP contribution in [0.5, 0.6) is 10.8 Å². The number of hydrogen-bond acceptors (Lipinski definition) is 3. The molecule has 0 aliphatic carbocycles. The van der Waals surface area contributed by atoms with Crippen molar-refractivity contribution in [3.8, 4) is 10.8 Å². The summed E-state index contributed by atoms with van der Waals surface area (Å²) in [6, 6.07) is 5.77. The molecule has 13 heavy (non-hydrogen) atoms. The van der Waals surface area contributed by atoms with Crippen LogP contribution in [0.15, 0.2) is 18.2 Å². The monoisotopic (exact) mass is 194 g/mol. The zero-order valence-electron chi connectivity index (χ0n) is 7.50. The number of thiophene rings is 1. The summed E-state index contributed by atoms with van der Waals surface area (Å²) in [7, 11) is 1.63. The molecule has 0 radical (unpaired) electrons. The third-order valence-electron chi connectivity index (χ3n) is 2.05. The van der Waals surface area contributed by atoms with Crippen molar-refractivity contribution in [1.82, 2.24) is 0 Å². The van der Waals surface area contributed by atoms with Gasteiger partial charge in [0.15, 0.2) is 5.06 Å². The molecule has 2 nitrogen and oxygen atoms in total. The van der Waals surface area contributed by atoms with Gasteiger partial charge >= 0.3 is 0 Å². The lowest BCUT2D eigenvalue weighted by atomic mass is 10.1. The van der Waals surface area contributed by atoms with Crippen LogP contribution in [-0.4, -0.2) is 12.2 Å². The van der Waals surface area contributed by atoms with Crippen molar-refractivity contribution in [2.45, 2.75) is 6.92 Å². The molecule has 0 saturated heterocycles. The molecule has 1 N–H and O–H groups in total. The Labute approximate surface area is 80.4 Å². The molecule has 0 atom stereocenters. The highest BCUT2D eigenvalue weighted by atomic mass is 32.1. The van der Waals surface area contributed by atoms with Crippen LogP contribution >= 0.6 is 11.3 Å². The summed E-state index contributed by atoms with van der Waals surface area (Å²) in [6.07, 6.45) is 0. The van der Waals surface area contributed by atoms with Gasteiger partial charge in [-0.3, -0.25) is 0 Å². The van der Waals surface area contributed by atoms with Crippen molar-refractivity contribution in [3.63, 3.8) is 0 Å². The summed E-state index contributed by atoms with van der Waals surface area (Å²) in [5.41, 5.74) is 0.896. The van der Waals surface area contributed by atoms with Gasteiger partial charge in [0.25, 0.3) is 0 Å². The largest absolute Gasteiger partial charge is 0.507 e. The molecule has 0 saturated carbocycles. The quantitative estimate of drug-likeness (QED) is 0.756. The topological polar surface area (TPSA) is 29.5 Å². The van der Waals surface area contributed by atoms with Gasteiger partial charge in [0.1, 0.15) is 5.75 Å². The molecular formula is C10H10O2S. The number of phenols is 1. The van der Waals surface area contributed by atoms with Gasteiger partial charge in [-0.05, 0) is 18.6 Å². The summed E-state index contributed by atoms with van der Waals surface area (Å²) in [6.45, 7) is 1.89. The Balaban J connectivity index is 2.76. The van der Waals surface area contributed by atoms with E-state index in [9.17, 15) is 5.11 Å². The molecule has 1 heterocycles. The average molecular weight is 194 g/mol. The third-order valence-corrected chi connectivity index (χ3v) is 3.11. The Hall–Kier alpha value is -1.22. The second-order valence-electron chi connectivity index (χ2n) is 2.91. The smallest absolute Gasteiger partial charge is 0.174 e. The molecule has 0 bridgehead atoms.